The van der Waals surface area contributed by atoms with Crippen LogP contribution < -0.4 is 0 Å². The van der Waals surface area contributed by atoms with E-state index in [1.54, 1.807) is 16.7 Å². The van der Waals surface area contributed by atoms with Crippen LogP contribution >= 0.6 is 0 Å². The van der Waals surface area contributed by atoms with E-state index in [1.165, 1.54) is 24.0 Å². The van der Waals surface area contributed by atoms with E-state index in [2.05, 4.69) is 61.5 Å². The minimum Gasteiger partial charge on any atom is -0.0728 e. The van der Waals surface area contributed by atoms with Gasteiger partial charge in [-0.2, -0.15) is 0 Å². The maximum atomic E-state index is 2.48. The zero-order chi connectivity index (χ0) is 12.8. The van der Waals surface area contributed by atoms with Gasteiger partial charge in [0.25, 0.3) is 0 Å². The third kappa shape index (κ3) is 1.59. The molecule has 0 heterocycles. The first-order chi connectivity index (χ1) is 9.34. The smallest absolute Gasteiger partial charge is 0.00983 e. The predicted molar refractivity (Wildman–Crippen MR) is 80.3 cm³/mol. The van der Waals surface area contributed by atoms with Gasteiger partial charge < -0.3 is 0 Å². The van der Waals surface area contributed by atoms with Crippen molar-refractivity contribution in [3.63, 3.8) is 0 Å². The fourth-order valence-electron chi connectivity index (χ4n) is 3.79. The Morgan fingerprint density at radius 1 is 0.895 bits per heavy atom. The Morgan fingerprint density at radius 2 is 1.63 bits per heavy atom. The van der Waals surface area contributed by atoms with E-state index in [-0.39, 0.29) is 0 Å². The third-order valence-corrected chi connectivity index (χ3v) is 4.70. The Balaban J connectivity index is 1.82. The molecule has 19 heavy (non-hydrogen) atoms. The van der Waals surface area contributed by atoms with E-state index >= 15 is 0 Å². The molecular weight excluding hydrogens is 228 g/mol. The van der Waals surface area contributed by atoms with Crippen LogP contribution in [0.5, 0.6) is 0 Å². The van der Waals surface area contributed by atoms with Crippen LogP contribution in [0.4, 0.5) is 0 Å². The number of hydrogen-bond acceptors (Lipinski definition) is 0. The Kier molecular flexibility index (Phi) is 2.38. The molecule has 0 nitrogen and oxygen atoms in total. The lowest BCUT2D eigenvalue weighted by Crippen LogP contribution is -1.96. The van der Waals surface area contributed by atoms with E-state index in [9.17, 15) is 0 Å². The van der Waals surface area contributed by atoms with Crippen LogP contribution in [0, 0.1) is 0 Å². The Bertz CT molecular complexity index is 663. The first-order valence-electron chi connectivity index (χ1n) is 7.23. The summed E-state index contributed by atoms with van der Waals surface area (Å²) < 4.78 is 0. The fraction of sp³-hybridized carbons (Fsp3) is 0.263. The van der Waals surface area contributed by atoms with Gasteiger partial charge in [0.2, 0.25) is 0 Å². The van der Waals surface area contributed by atoms with Crippen molar-refractivity contribution in [1.82, 2.24) is 0 Å². The van der Waals surface area contributed by atoms with Crippen LogP contribution in [0.3, 0.4) is 0 Å². The van der Waals surface area contributed by atoms with Crippen LogP contribution in [-0.4, -0.2) is 0 Å². The molecule has 2 aliphatic rings. The lowest BCUT2D eigenvalue weighted by molar-refractivity contribution is 0.830. The molecule has 2 unspecified atom stereocenters. The molecule has 0 radical (unpaired) electrons. The highest BCUT2D eigenvalue weighted by atomic mass is 14.3. The van der Waals surface area contributed by atoms with Crippen molar-refractivity contribution in [3.05, 3.63) is 76.9 Å². The zero-order valence-electron chi connectivity index (χ0n) is 11.3. The molecule has 2 atom stereocenters. The maximum absolute atomic E-state index is 2.48. The molecule has 0 spiro atoms. The maximum Gasteiger partial charge on any atom is 0.00983 e. The average molecular weight is 246 g/mol. The van der Waals surface area contributed by atoms with E-state index in [4.69, 9.17) is 0 Å². The molecule has 0 heteroatoms. The minimum atomic E-state index is 0.568. The summed E-state index contributed by atoms with van der Waals surface area (Å²) in [5.74, 6) is 1.18. The molecule has 0 N–H and O–H groups in total. The molecule has 0 saturated heterocycles. The molecule has 94 valence electrons. The number of aryl methyl sites for hydroxylation is 1. The third-order valence-electron chi connectivity index (χ3n) is 4.70. The predicted octanol–water partition coefficient (Wildman–Crippen LogP) is 4.92. The molecule has 4 rings (SSSR count). The first kappa shape index (κ1) is 11.0. The minimum absolute atomic E-state index is 0.568. The second-order valence-corrected chi connectivity index (χ2v) is 5.79. The van der Waals surface area contributed by atoms with E-state index in [1.807, 2.05) is 0 Å². The highest BCUT2D eigenvalue weighted by Gasteiger charge is 2.30. The van der Waals surface area contributed by atoms with Crippen molar-refractivity contribution in [2.75, 3.05) is 0 Å². The van der Waals surface area contributed by atoms with Crippen molar-refractivity contribution in [3.8, 4) is 0 Å². The van der Waals surface area contributed by atoms with Gasteiger partial charge in [0, 0.05) is 11.8 Å². The summed E-state index contributed by atoms with van der Waals surface area (Å²) in [6.45, 7) is 2.31. The molecule has 0 bridgehead atoms. The van der Waals surface area contributed by atoms with Gasteiger partial charge in [0.05, 0.1) is 0 Å². The van der Waals surface area contributed by atoms with Crippen molar-refractivity contribution in [2.45, 2.75) is 31.6 Å². The highest BCUT2D eigenvalue weighted by Crippen LogP contribution is 2.48. The molecule has 0 aliphatic heterocycles. The number of hydrogen-bond donors (Lipinski definition) is 0. The number of allylic oxidation sites excluding steroid dienone is 2. The SMILES string of the molecule is CC1C=C(C2CCc3ccccc32)c2ccccc21. The van der Waals surface area contributed by atoms with Crippen LogP contribution in [0.15, 0.2) is 54.6 Å². The molecule has 0 amide bonds. The molecule has 0 fully saturated rings. The van der Waals surface area contributed by atoms with Gasteiger partial charge in [-0.3, -0.25) is 0 Å². The summed E-state index contributed by atoms with van der Waals surface area (Å²) in [6, 6.07) is 17.9. The number of rotatable bonds is 1. The Hall–Kier alpha value is -1.82. The standard InChI is InChI=1S/C19H18/c1-13-12-19(17-9-5-4-7-15(13)17)18-11-10-14-6-2-3-8-16(14)18/h2-9,12-13,18H,10-11H2,1H3. The Morgan fingerprint density at radius 3 is 2.53 bits per heavy atom. The fourth-order valence-corrected chi connectivity index (χ4v) is 3.79. The summed E-state index contributed by atoms with van der Waals surface area (Å²) in [5.41, 5.74) is 7.65. The van der Waals surface area contributed by atoms with Gasteiger partial charge in [-0.1, -0.05) is 61.5 Å². The summed E-state index contributed by atoms with van der Waals surface area (Å²) in [7, 11) is 0. The summed E-state index contributed by atoms with van der Waals surface area (Å²) in [4.78, 5) is 0. The highest BCUT2D eigenvalue weighted by molar-refractivity contribution is 5.80. The first-order valence-corrected chi connectivity index (χ1v) is 7.23. The van der Waals surface area contributed by atoms with Gasteiger partial charge in [0.15, 0.2) is 0 Å². The van der Waals surface area contributed by atoms with Crippen LogP contribution in [0.2, 0.25) is 0 Å². The summed E-state index contributed by atoms with van der Waals surface area (Å²) >= 11 is 0. The summed E-state index contributed by atoms with van der Waals surface area (Å²) in [5, 5.41) is 0. The van der Waals surface area contributed by atoms with Gasteiger partial charge >= 0.3 is 0 Å². The molecule has 0 saturated carbocycles. The number of fused-ring (bicyclic) bond motifs is 2. The van der Waals surface area contributed by atoms with Crippen molar-refractivity contribution >= 4 is 5.57 Å². The van der Waals surface area contributed by atoms with E-state index in [0.29, 0.717) is 11.8 Å². The molecule has 2 aromatic carbocycles. The normalized spacial score (nSPS) is 23.9. The van der Waals surface area contributed by atoms with Crippen molar-refractivity contribution in [1.29, 1.82) is 0 Å². The van der Waals surface area contributed by atoms with Crippen LogP contribution in [0.25, 0.3) is 5.57 Å². The lowest BCUT2D eigenvalue weighted by Gasteiger charge is -2.15. The van der Waals surface area contributed by atoms with Gasteiger partial charge in [0.1, 0.15) is 0 Å². The Labute approximate surface area is 114 Å². The molecular formula is C19H18. The topological polar surface area (TPSA) is 0 Å². The van der Waals surface area contributed by atoms with E-state index in [0.717, 1.165) is 0 Å². The van der Waals surface area contributed by atoms with Gasteiger partial charge in [-0.15, -0.1) is 0 Å². The van der Waals surface area contributed by atoms with E-state index < -0.39 is 0 Å². The average Bonchev–Trinajstić information content (AvgIpc) is 3.01. The number of benzene rings is 2. The van der Waals surface area contributed by atoms with Crippen molar-refractivity contribution < 1.29 is 0 Å². The van der Waals surface area contributed by atoms with Crippen LogP contribution in [0.1, 0.15) is 47.4 Å². The molecule has 0 aromatic heterocycles. The largest absolute Gasteiger partial charge is 0.0728 e. The zero-order valence-corrected chi connectivity index (χ0v) is 11.3. The lowest BCUT2D eigenvalue weighted by atomic mass is 9.89. The second-order valence-electron chi connectivity index (χ2n) is 5.79. The summed E-state index contributed by atoms with van der Waals surface area (Å²) in [6.07, 6.45) is 4.98. The monoisotopic (exact) mass is 246 g/mol. The van der Waals surface area contributed by atoms with Crippen molar-refractivity contribution in [2.24, 2.45) is 0 Å². The van der Waals surface area contributed by atoms with Gasteiger partial charge in [-0.25, -0.2) is 0 Å². The quantitative estimate of drug-likeness (QED) is 0.670. The van der Waals surface area contributed by atoms with Gasteiger partial charge in [-0.05, 0) is 40.7 Å². The second kappa shape index (κ2) is 4.09. The molecule has 2 aliphatic carbocycles. The molecule has 2 aromatic rings. The van der Waals surface area contributed by atoms with Crippen LogP contribution in [-0.2, 0) is 6.42 Å².